The van der Waals surface area contributed by atoms with E-state index in [2.05, 4.69) is 121 Å². The van der Waals surface area contributed by atoms with Gasteiger partial charge in [0.05, 0.1) is 11.2 Å². The molecule has 0 N–H and O–H groups in total. The molecule has 160 valence electrons. The molecule has 0 radical (unpaired) electrons. The molecule has 0 saturated heterocycles. The lowest BCUT2D eigenvalue weighted by Crippen LogP contribution is -1.86. The number of fused-ring (bicyclic) bond motifs is 1. The van der Waals surface area contributed by atoms with Crippen LogP contribution in [-0.2, 0) is 0 Å². The lowest BCUT2D eigenvalue weighted by atomic mass is 9.97. The van der Waals surface area contributed by atoms with Gasteiger partial charge in [0.15, 0.2) is 0 Å². The van der Waals surface area contributed by atoms with Gasteiger partial charge in [0.25, 0.3) is 0 Å². The molecule has 0 atom stereocenters. The second-order valence-electron chi connectivity index (χ2n) is 8.49. The van der Waals surface area contributed by atoms with Crippen LogP contribution in [0.5, 0.6) is 0 Å². The van der Waals surface area contributed by atoms with Crippen LogP contribution < -0.4 is 0 Å². The lowest BCUT2D eigenvalue weighted by Gasteiger charge is -2.08. The Kier molecular flexibility index (Phi) is 5.21. The van der Waals surface area contributed by atoms with E-state index in [1.54, 1.807) is 0 Å². The second-order valence-corrected chi connectivity index (χ2v) is 8.49. The molecule has 1 nitrogen and oxygen atoms in total. The monoisotopic (exact) mass is 433 g/mol. The van der Waals surface area contributed by atoms with Crippen molar-refractivity contribution in [2.24, 2.45) is 0 Å². The van der Waals surface area contributed by atoms with Crippen molar-refractivity contribution >= 4 is 10.9 Å². The first-order chi connectivity index (χ1) is 16.8. The number of hydrogen-bond acceptors (Lipinski definition) is 1. The van der Waals surface area contributed by atoms with E-state index in [1.807, 2.05) is 18.2 Å². The van der Waals surface area contributed by atoms with Crippen LogP contribution in [0.25, 0.3) is 55.5 Å². The van der Waals surface area contributed by atoms with Crippen molar-refractivity contribution in [3.05, 3.63) is 140 Å². The number of pyridine rings is 1. The summed E-state index contributed by atoms with van der Waals surface area (Å²) in [5.74, 6) is 0. The number of rotatable bonds is 4. The summed E-state index contributed by atoms with van der Waals surface area (Å²) in [6.45, 7) is 0. The number of nitrogens with zero attached hydrogens (tertiary/aromatic N) is 1. The SMILES string of the molecule is c1ccc(-c2ccc(-c3ccc(-c4ccc(-c5ccc6ccccc6n5)cc4)cc3)cc2)cc1. The summed E-state index contributed by atoms with van der Waals surface area (Å²) in [5.41, 5.74) is 10.5. The molecule has 0 bridgehead atoms. The molecule has 6 rings (SSSR count). The van der Waals surface area contributed by atoms with E-state index >= 15 is 0 Å². The zero-order valence-corrected chi connectivity index (χ0v) is 18.7. The molecule has 0 saturated carbocycles. The highest BCUT2D eigenvalue weighted by atomic mass is 14.7. The summed E-state index contributed by atoms with van der Waals surface area (Å²) in [6, 6.07) is 49.2. The fraction of sp³-hybridized carbons (Fsp3) is 0. The Hall–Kier alpha value is -4.49. The molecule has 1 aromatic heterocycles. The average Bonchev–Trinajstić information content (AvgIpc) is 2.94. The van der Waals surface area contributed by atoms with Crippen molar-refractivity contribution in [2.45, 2.75) is 0 Å². The van der Waals surface area contributed by atoms with Crippen molar-refractivity contribution < 1.29 is 0 Å². The maximum Gasteiger partial charge on any atom is 0.0709 e. The van der Waals surface area contributed by atoms with Crippen molar-refractivity contribution in [3.8, 4) is 44.6 Å². The van der Waals surface area contributed by atoms with Crippen LogP contribution >= 0.6 is 0 Å². The summed E-state index contributed by atoms with van der Waals surface area (Å²) in [5, 5.41) is 1.16. The largest absolute Gasteiger partial charge is 0.248 e. The van der Waals surface area contributed by atoms with Gasteiger partial charge in [-0.2, -0.15) is 0 Å². The maximum absolute atomic E-state index is 4.82. The van der Waals surface area contributed by atoms with E-state index in [4.69, 9.17) is 4.98 Å². The number of benzene rings is 5. The first kappa shape index (κ1) is 20.1. The van der Waals surface area contributed by atoms with Crippen molar-refractivity contribution in [1.29, 1.82) is 0 Å². The smallest absolute Gasteiger partial charge is 0.0709 e. The third kappa shape index (κ3) is 4.00. The lowest BCUT2D eigenvalue weighted by molar-refractivity contribution is 1.40. The Balaban J connectivity index is 1.22. The first-order valence-corrected chi connectivity index (χ1v) is 11.6. The Morgan fingerprint density at radius 3 is 1.24 bits per heavy atom. The fourth-order valence-electron chi connectivity index (χ4n) is 4.40. The van der Waals surface area contributed by atoms with Crippen LogP contribution in [0.15, 0.2) is 140 Å². The molecule has 1 heteroatoms. The van der Waals surface area contributed by atoms with Gasteiger partial charge in [-0.3, -0.25) is 0 Å². The Morgan fingerprint density at radius 1 is 0.294 bits per heavy atom. The molecule has 0 aliphatic carbocycles. The number of para-hydroxylation sites is 1. The Bertz CT molecular complexity index is 1550. The molecule has 5 aromatic carbocycles. The van der Waals surface area contributed by atoms with Gasteiger partial charge < -0.3 is 0 Å². The van der Waals surface area contributed by atoms with E-state index in [9.17, 15) is 0 Å². The summed E-state index contributed by atoms with van der Waals surface area (Å²) < 4.78 is 0. The van der Waals surface area contributed by atoms with Crippen molar-refractivity contribution in [2.75, 3.05) is 0 Å². The normalized spacial score (nSPS) is 10.9. The molecular weight excluding hydrogens is 410 g/mol. The standard InChI is InChI=1S/C33H23N/c1-2-6-24(7-3-1)25-10-12-26(13-11-25)27-14-16-28(17-15-27)29-18-20-31(21-19-29)33-23-22-30-8-4-5-9-32(30)34-33/h1-23H. The van der Waals surface area contributed by atoms with Gasteiger partial charge in [0, 0.05) is 10.9 Å². The highest BCUT2D eigenvalue weighted by molar-refractivity contribution is 5.82. The third-order valence-electron chi connectivity index (χ3n) is 6.32. The molecule has 34 heavy (non-hydrogen) atoms. The zero-order chi connectivity index (χ0) is 22.7. The van der Waals surface area contributed by atoms with E-state index in [0.717, 1.165) is 22.2 Å². The van der Waals surface area contributed by atoms with Crippen LogP contribution in [0.2, 0.25) is 0 Å². The molecule has 1 heterocycles. The molecule has 0 amide bonds. The quantitative estimate of drug-likeness (QED) is 0.270. The summed E-state index contributed by atoms with van der Waals surface area (Å²) in [6.07, 6.45) is 0. The molecule has 0 aliphatic heterocycles. The van der Waals surface area contributed by atoms with Gasteiger partial charge in [0.1, 0.15) is 0 Å². The third-order valence-corrected chi connectivity index (χ3v) is 6.32. The van der Waals surface area contributed by atoms with E-state index in [1.165, 1.54) is 33.4 Å². The average molecular weight is 434 g/mol. The molecule has 0 spiro atoms. The molecule has 6 aromatic rings. The Labute approximate surface area is 200 Å². The predicted octanol–water partition coefficient (Wildman–Crippen LogP) is 8.90. The van der Waals surface area contributed by atoms with Crippen molar-refractivity contribution in [1.82, 2.24) is 4.98 Å². The van der Waals surface area contributed by atoms with Gasteiger partial charge in [-0.1, -0.05) is 127 Å². The van der Waals surface area contributed by atoms with Gasteiger partial charge in [-0.05, 0) is 45.5 Å². The molecule has 0 fully saturated rings. The van der Waals surface area contributed by atoms with Crippen LogP contribution in [0, 0.1) is 0 Å². The highest BCUT2D eigenvalue weighted by Crippen LogP contribution is 2.29. The van der Waals surface area contributed by atoms with Crippen LogP contribution in [0.3, 0.4) is 0 Å². The minimum atomic E-state index is 1.000. The van der Waals surface area contributed by atoms with Gasteiger partial charge >= 0.3 is 0 Å². The van der Waals surface area contributed by atoms with Crippen LogP contribution in [0.4, 0.5) is 0 Å². The van der Waals surface area contributed by atoms with Crippen LogP contribution in [-0.4, -0.2) is 4.98 Å². The summed E-state index contributed by atoms with van der Waals surface area (Å²) >= 11 is 0. The summed E-state index contributed by atoms with van der Waals surface area (Å²) in [7, 11) is 0. The number of hydrogen-bond donors (Lipinski definition) is 0. The van der Waals surface area contributed by atoms with Gasteiger partial charge in [-0.25, -0.2) is 4.98 Å². The first-order valence-electron chi connectivity index (χ1n) is 11.6. The van der Waals surface area contributed by atoms with E-state index < -0.39 is 0 Å². The van der Waals surface area contributed by atoms with E-state index in [-0.39, 0.29) is 0 Å². The zero-order valence-electron chi connectivity index (χ0n) is 18.7. The summed E-state index contributed by atoms with van der Waals surface area (Å²) in [4.78, 5) is 4.82. The van der Waals surface area contributed by atoms with Crippen molar-refractivity contribution in [3.63, 3.8) is 0 Å². The minimum absolute atomic E-state index is 1.000. The van der Waals surface area contributed by atoms with Crippen LogP contribution in [0.1, 0.15) is 0 Å². The molecule has 0 unspecified atom stereocenters. The minimum Gasteiger partial charge on any atom is -0.248 e. The molecular formula is C33H23N. The highest BCUT2D eigenvalue weighted by Gasteiger charge is 2.05. The Morgan fingerprint density at radius 2 is 0.706 bits per heavy atom. The fourth-order valence-corrected chi connectivity index (χ4v) is 4.40. The number of aromatic nitrogens is 1. The van der Waals surface area contributed by atoms with E-state index in [0.29, 0.717) is 0 Å². The molecule has 0 aliphatic rings. The van der Waals surface area contributed by atoms with Gasteiger partial charge in [-0.15, -0.1) is 0 Å². The topological polar surface area (TPSA) is 12.9 Å². The predicted molar refractivity (Wildman–Crippen MR) is 143 cm³/mol. The van der Waals surface area contributed by atoms with Gasteiger partial charge in [0.2, 0.25) is 0 Å². The second kappa shape index (κ2) is 8.80. The maximum atomic E-state index is 4.82.